The van der Waals surface area contributed by atoms with E-state index in [1.807, 2.05) is 6.92 Å². The van der Waals surface area contributed by atoms with Crippen LogP contribution in [0.25, 0.3) is 0 Å². The lowest BCUT2D eigenvalue weighted by atomic mass is 10.3. The number of nitrogens with zero attached hydrogens (tertiary/aromatic N) is 1. The van der Waals surface area contributed by atoms with E-state index in [-0.39, 0.29) is 18.2 Å². The Labute approximate surface area is 93.4 Å². The van der Waals surface area contributed by atoms with Gasteiger partial charge in [-0.05, 0) is 13.3 Å². The minimum atomic E-state index is -0.806. The van der Waals surface area contributed by atoms with Crippen LogP contribution >= 0.6 is 11.6 Å². The molecule has 0 aromatic rings. The summed E-state index contributed by atoms with van der Waals surface area (Å²) < 4.78 is 4.63. The number of oxime groups is 1. The molecule has 0 aromatic heterocycles. The maximum absolute atomic E-state index is 11.2. The van der Waals surface area contributed by atoms with Crippen molar-refractivity contribution in [3.63, 3.8) is 0 Å². The van der Waals surface area contributed by atoms with Crippen molar-refractivity contribution in [2.24, 2.45) is 5.16 Å². The van der Waals surface area contributed by atoms with Crippen LogP contribution in [0.2, 0.25) is 0 Å². The fourth-order valence-corrected chi connectivity index (χ4v) is 0.793. The smallest absolute Gasteiger partial charge is 0.364 e. The van der Waals surface area contributed by atoms with Crippen LogP contribution < -0.4 is 0 Å². The van der Waals surface area contributed by atoms with Crippen molar-refractivity contribution in [3.05, 3.63) is 0 Å². The summed E-state index contributed by atoms with van der Waals surface area (Å²) in [5, 5.41) is 3.41. The second-order valence-corrected chi connectivity index (χ2v) is 2.82. The van der Waals surface area contributed by atoms with E-state index in [0.29, 0.717) is 6.61 Å². The van der Waals surface area contributed by atoms with E-state index in [1.165, 1.54) is 0 Å². The molecule has 0 spiro atoms. The highest BCUT2D eigenvalue weighted by Gasteiger charge is 2.21. The maximum atomic E-state index is 11.2. The van der Waals surface area contributed by atoms with Crippen LogP contribution in [0, 0.1) is 0 Å². The van der Waals surface area contributed by atoms with Crippen molar-refractivity contribution in [3.8, 4) is 0 Å². The van der Waals surface area contributed by atoms with Gasteiger partial charge in [0.05, 0.1) is 12.5 Å². The van der Waals surface area contributed by atoms with Crippen LogP contribution in [-0.2, 0) is 19.2 Å². The van der Waals surface area contributed by atoms with Crippen molar-refractivity contribution < 1.29 is 19.2 Å². The maximum Gasteiger partial charge on any atom is 0.364 e. The Kier molecular flexibility index (Phi) is 7.62. The second-order valence-electron chi connectivity index (χ2n) is 2.55. The van der Waals surface area contributed by atoms with Crippen molar-refractivity contribution in [2.45, 2.75) is 20.3 Å². The van der Waals surface area contributed by atoms with E-state index in [4.69, 9.17) is 16.4 Å². The predicted molar refractivity (Wildman–Crippen MR) is 56.0 cm³/mol. The summed E-state index contributed by atoms with van der Waals surface area (Å²) in [7, 11) is 0. The number of rotatable bonds is 7. The molecular weight excluding hydrogens is 222 g/mol. The molecule has 0 aliphatic rings. The Morgan fingerprint density at radius 2 is 2.00 bits per heavy atom. The molecule has 5 nitrogen and oxygen atoms in total. The van der Waals surface area contributed by atoms with E-state index < -0.39 is 11.8 Å². The topological polar surface area (TPSA) is 65.0 Å². The molecule has 0 saturated carbocycles. The van der Waals surface area contributed by atoms with Crippen molar-refractivity contribution in [1.82, 2.24) is 0 Å². The summed E-state index contributed by atoms with van der Waals surface area (Å²) in [6, 6.07) is 0. The first-order chi connectivity index (χ1) is 7.17. The second kappa shape index (κ2) is 8.23. The molecule has 0 bridgehead atoms. The average molecular weight is 236 g/mol. The Morgan fingerprint density at radius 3 is 2.47 bits per heavy atom. The summed E-state index contributed by atoms with van der Waals surface area (Å²) in [5.41, 5.74) is -0.389. The van der Waals surface area contributed by atoms with Crippen LogP contribution in [0.5, 0.6) is 0 Å². The Bertz CT molecular complexity index is 252. The number of Topliss-reactive ketones (excluding diaryl/α,β-unsaturated/α-hetero) is 1. The van der Waals surface area contributed by atoms with Gasteiger partial charge in [-0.2, -0.15) is 0 Å². The fourth-order valence-electron chi connectivity index (χ4n) is 0.666. The number of hydrogen-bond acceptors (Lipinski definition) is 5. The van der Waals surface area contributed by atoms with E-state index >= 15 is 0 Å². The lowest BCUT2D eigenvalue weighted by Crippen LogP contribution is -2.27. The van der Waals surface area contributed by atoms with Crippen LogP contribution in [0.1, 0.15) is 20.3 Å². The molecule has 0 fully saturated rings. The number of alkyl halides is 1. The summed E-state index contributed by atoms with van der Waals surface area (Å²) in [6.07, 6.45) is 0.731. The lowest BCUT2D eigenvalue weighted by molar-refractivity contribution is -0.135. The van der Waals surface area contributed by atoms with E-state index in [9.17, 15) is 9.59 Å². The third-order valence-electron chi connectivity index (χ3n) is 1.31. The molecule has 15 heavy (non-hydrogen) atoms. The first-order valence-corrected chi connectivity index (χ1v) is 5.17. The average Bonchev–Trinajstić information content (AvgIpc) is 2.23. The van der Waals surface area contributed by atoms with Crippen LogP contribution in [-0.4, -0.2) is 36.6 Å². The molecule has 6 heteroatoms. The van der Waals surface area contributed by atoms with Gasteiger partial charge >= 0.3 is 5.97 Å². The van der Waals surface area contributed by atoms with Crippen molar-refractivity contribution in [1.29, 1.82) is 0 Å². The summed E-state index contributed by atoms with van der Waals surface area (Å²) in [4.78, 5) is 27.1. The van der Waals surface area contributed by atoms with Crippen molar-refractivity contribution in [2.75, 3.05) is 19.1 Å². The molecule has 0 amide bonds. The van der Waals surface area contributed by atoms with Crippen LogP contribution in [0.3, 0.4) is 0 Å². The van der Waals surface area contributed by atoms with Gasteiger partial charge in [0.15, 0.2) is 0 Å². The van der Waals surface area contributed by atoms with Gasteiger partial charge in [0.25, 0.3) is 0 Å². The standard InChI is InChI=1S/C9H14ClNO4/c1-3-5-15-11-8(7(12)6-10)9(13)14-4-2/h3-6H2,1-2H3/b11-8+. The predicted octanol–water partition coefficient (Wildman–Crippen LogP) is 1.14. The van der Waals surface area contributed by atoms with Gasteiger partial charge in [0, 0.05) is 0 Å². The number of halogens is 1. The van der Waals surface area contributed by atoms with Crippen molar-refractivity contribution >= 4 is 29.1 Å². The number of carbonyl (C=O) groups excluding carboxylic acids is 2. The van der Waals surface area contributed by atoms with Gasteiger partial charge < -0.3 is 9.57 Å². The Balaban J connectivity index is 4.49. The molecule has 86 valence electrons. The Morgan fingerprint density at radius 1 is 1.33 bits per heavy atom. The minimum Gasteiger partial charge on any atom is -0.461 e. The highest BCUT2D eigenvalue weighted by molar-refractivity contribution is 6.67. The molecule has 0 aromatic carbocycles. The largest absolute Gasteiger partial charge is 0.461 e. The third-order valence-corrected chi connectivity index (χ3v) is 1.55. The molecule has 0 radical (unpaired) electrons. The first-order valence-electron chi connectivity index (χ1n) is 4.63. The zero-order valence-electron chi connectivity index (χ0n) is 8.79. The summed E-state index contributed by atoms with van der Waals surface area (Å²) >= 11 is 5.31. The first kappa shape index (κ1) is 13.9. The van der Waals surface area contributed by atoms with Gasteiger partial charge in [-0.3, -0.25) is 4.79 Å². The quantitative estimate of drug-likeness (QED) is 0.166. The van der Waals surface area contributed by atoms with Gasteiger partial charge in [0.2, 0.25) is 11.5 Å². The Hall–Kier alpha value is -1.10. The number of ether oxygens (including phenoxy) is 1. The molecule has 0 N–H and O–H groups in total. The third kappa shape index (κ3) is 5.37. The molecule has 0 aliphatic carbocycles. The van der Waals surface area contributed by atoms with Gasteiger partial charge in [-0.15, -0.1) is 11.6 Å². The highest BCUT2D eigenvalue weighted by atomic mass is 35.5. The molecule has 0 unspecified atom stereocenters. The van der Waals surface area contributed by atoms with Gasteiger partial charge in [-0.25, -0.2) is 4.79 Å². The molecule has 0 heterocycles. The molecule has 0 rings (SSSR count). The molecule has 0 aliphatic heterocycles. The lowest BCUT2D eigenvalue weighted by Gasteiger charge is -2.03. The van der Waals surface area contributed by atoms with Crippen LogP contribution in [0.15, 0.2) is 5.16 Å². The number of esters is 1. The van der Waals surface area contributed by atoms with E-state index in [1.54, 1.807) is 6.92 Å². The van der Waals surface area contributed by atoms with E-state index in [2.05, 4.69) is 9.89 Å². The van der Waals surface area contributed by atoms with Gasteiger partial charge in [-0.1, -0.05) is 12.1 Å². The van der Waals surface area contributed by atoms with Crippen LogP contribution in [0.4, 0.5) is 0 Å². The number of hydrogen-bond donors (Lipinski definition) is 0. The highest BCUT2D eigenvalue weighted by Crippen LogP contribution is 1.93. The summed E-state index contributed by atoms with van der Waals surface area (Å²) in [5.74, 6) is -1.74. The SMILES string of the molecule is CCCO/N=C(\C(=O)CCl)C(=O)OCC. The monoisotopic (exact) mass is 235 g/mol. The van der Waals surface area contributed by atoms with E-state index in [0.717, 1.165) is 6.42 Å². The summed E-state index contributed by atoms with van der Waals surface area (Å²) in [6.45, 7) is 4.01. The number of carbonyl (C=O) groups is 2. The molecule has 0 atom stereocenters. The fraction of sp³-hybridized carbons (Fsp3) is 0.667. The zero-order valence-corrected chi connectivity index (χ0v) is 9.54. The zero-order chi connectivity index (χ0) is 11.7. The molecule has 0 saturated heterocycles. The molecular formula is C9H14ClNO4. The normalized spacial score (nSPS) is 11.0. The number of ketones is 1. The minimum absolute atomic E-state index is 0.168. The van der Waals surface area contributed by atoms with Gasteiger partial charge in [0.1, 0.15) is 6.61 Å².